The molecule has 2 aliphatic heterocycles. The van der Waals surface area contributed by atoms with Crippen LogP contribution in [0.25, 0.3) is 0 Å². The molecule has 2 aliphatic rings. The van der Waals surface area contributed by atoms with Gasteiger partial charge in [-0.15, -0.1) is 0 Å². The predicted molar refractivity (Wildman–Crippen MR) is 100.0 cm³/mol. The van der Waals surface area contributed by atoms with E-state index < -0.39 is 0 Å². The molecule has 0 saturated carbocycles. The number of piperidine rings is 1. The summed E-state index contributed by atoms with van der Waals surface area (Å²) in [5.41, 5.74) is 0.759. The minimum absolute atomic E-state index is 0.139. The molecule has 7 nitrogen and oxygen atoms in total. The van der Waals surface area contributed by atoms with Crippen molar-refractivity contribution in [2.45, 2.75) is 30.9 Å². The number of hydrogen-bond acceptors (Lipinski definition) is 4. The van der Waals surface area contributed by atoms with E-state index >= 15 is 0 Å². The molecule has 27 heavy (non-hydrogen) atoms. The van der Waals surface area contributed by atoms with Crippen LogP contribution in [-0.4, -0.2) is 41.4 Å². The first-order chi connectivity index (χ1) is 13.0. The van der Waals surface area contributed by atoms with Crippen molar-refractivity contribution in [3.8, 4) is 5.75 Å². The Morgan fingerprint density at radius 1 is 1.26 bits per heavy atom. The van der Waals surface area contributed by atoms with Crippen molar-refractivity contribution in [1.82, 2.24) is 15.1 Å². The number of amides is 1. The number of likely N-dealkylation sites (tertiary alicyclic amines) is 1. The SMILES string of the molecule is Cn1nc(C(=O)N[C@@H]2CC3(CC[NH+](C)CC3)Oc3ccccc32)ccc1=O. The van der Waals surface area contributed by atoms with Gasteiger partial charge in [0.1, 0.15) is 17.0 Å². The first-order valence-electron chi connectivity index (χ1n) is 9.40. The van der Waals surface area contributed by atoms with Gasteiger partial charge in [0.2, 0.25) is 0 Å². The molecule has 4 rings (SSSR count). The van der Waals surface area contributed by atoms with Gasteiger partial charge >= 0.3 is 0 Å². The lowest BCUT2D eigenvalue weighted by Gasteiger charge is -2.45. The van der Waals surface area contributed by atoms with Gasteiger partial charge in [-0.2, -0.15) is 5.10 Å². The van der Waals surface area contributed by atoms with Crippen LogP contribution in [0.2, 0.25) is 0 Å². The normalized spacial score (nSPS) is 26.9. The van der Waals surface area contributed by atoms with Gasteiger partial charge < -0.3 is 15.0 Å². The second-order valence-electron chi connectivity index (χ2n) is 7.69. The van der Waals surface area contributed by atoms with E-state index in [-0.39, 0.29) is 28.8 Å². The van der Waals surface area contributed by atoms with Crippen LogP contribution < -0.4 is 20.5 Å². The second kappa shape index (κ2) is 6.81. The summed E-state index contributed by atoms with van der Waals surface area (Å²) in [6, 6.07) is 10.6. The third-order valence-electron chi connectivity index (χ3n) is 5.71. The van der Waals surface area contributed by atoms with Crippen molar-refractivity contribution in [3.05, 3.63) is 58.0 Å². The van der Waals surface area contributed by atoms with E-state index in [4.69, 9.17) is 4.74 Å². The van der Waals surface area contributed by atoms with Crippen molar-refractivity contribution in [1.29, 1.82) is 0 Å². The summed E-state index contributed by atoms with van der Waals surface area (Å²) in [5, 5.41) is 7.18. The molecular formula is C20H25N4O3+. The third kappa shape index (κ3) is 3.47. The number of fused-ring (bicyclic) bond motifs is 1. The first-order valence-corrected chi connectivity index (χ1v) is 9.40. The Bertz CT molecular complexity index is 915. The lowest BCUT2D eigenvalue weighted by molar-refractivity contribution is -0.887. The molecule has 2 aromatic rings. The number of hydrogen-bond donors (Lipinski definition) is 2. The summed E-state index contributed by atoms with van der Waals surface area (Å²) in [4.78, 5) is 25.8. The zero-order chi connectivity index (χ0) is 19.0. The number of nitrogens with one attached hydrogen (secondary N) is 2. The number of benzene rings is 1. The lowest BCUT2D eigenvalue weighted by Crippen LogP contribution is -3.10. The van der Waals surface area contributed by atoms with Gasteiger partial charge in [0.05, 0.1) is 26.2 Å². The molecular weight excluding hydrogens is 344 g/mol. The number of rotatable bonds is 2. The van der Waals surface area contributed by atoms with Crippen LogP contribution in [0.15, 0.2) is 41.2 Å². The van der Waals surface area contributed by atoms with Crippen LogP contribution in [0.1, 0.15) is 41.4 Å². The maximum Gasteiger partial charge on any atom is 0.272 e. The largest absolute Gasteiger partial charge is 0.486 e. The van der Waals surface area contributed by atoms with Crippen LogP contribution >= 0.6 is 0 Å². The fraction of sp³-hybridized carbons (Fsp3) is 0.450. The highest BCUT2D eigenvalue weighted by Crippen LogP contribution is 2.43. The molecule has 142 valence electrons. The highest BCUT2D eigenvalue weighted by molar-refractivity contribution is 5.92. The number of aromatic nitrogens is 2. The number of carbonyl (C=O) groups excluding carboxylic acids is 1. The Morgan fingerprint density at radius 3 is 2.74 bits per heavy atom. The lowest BCUT2D eigenvalue weighted by atomic mass is 9.80. The minimum Gasteiger partial charge on any atom is -0.486 e. The van der Waals surface area contributed by atoms with Crippen molar-refractivity contribution >= 4 is 5.91 Å². The summed E-state index contributed by atoms with van der Waals surface area (Å²) < 4.78 is 7.61. The Morgan fingerprint density at radius 2 is 2.00 bits per heavy atom. The van der Waals surface area contributed by atoms with E-state index in [1.54, 1.807) is 7.05 Å². The molecule has 1 fully saturated rings. The van der Waals surface area contributed by atoms with E-state index in [0.717, 1.165) is 43.7 Å². The number of aryl methyl sites for hydroxylation is 1. The summed E-state index contributed by atoms with van der Waals surface area (Å²) in [6.07, 6.45) is 2.68. The van der Waals surface area contributed by atoms with Crippen LogP contribution in [0.5, 0.6) is 5.75 Å². The fourth-order valence-electron chi connectivity index (χ4n) is 4.04. The van der Waals surface area contributed by atoms with Gasteiger partial charge in [-0.3, -0.25) is 9.59 Å². The van der Waals surface area contributed by atoms with E-state index in [1.807, 2.05) is 24.3 Å². The first kappa shape index (κ1) is 17.7. The Balaban J connectivity index is 1.61. The van der Waals surface area contributed by atoms with Gasteiger partial charge in [0, 0.05) is 37.9 Å². The van der Waals surface area contributed by atoms with E-state index in [0.29, 0.717) is 0 Å². The molecule has 0 bridgehead atoms. The van der Waals surface area contributed by atoms with Crippen molar-refractivity contribution in [3.63, 3.8) is 0 Å². The zero-order valence-corrected chi connectivity index (χ0v) is 15.7. The fourth-order valence-corrected chi connectivity index (χ4v) is 4.04. The smallest absolute Gasteiger partial charge is 0.272 e. The minimum atomic E-state index is -0.277. The van der Waals surface area contributed by atoms with Gasteiger partial charge in [-0.05, 0) is 12.1 Å². The molecule has 0 unspecified atom stereocenters. The molecule has 3 heterocycles. The number of ether oxygens (including phenoxy) is 1. The maximum absolute atomic E-state index is 12.8. The number of carbonyl (C=O) groups is 1. The third-order valence-corrected chi connectivity index (χ3v) is 5.71. The van der Waals surface area contributed by atoms with Crippen LogP contribution in [0, 0.1) is 0 Å². The number of quaternary nitrogens is 1. The summed E-state index contributed by atoms with van der Waals surface area (Å²) in [7, 11) is 3.74. The Hall–Kier alpha value is -2.67. The van der Waals surface area contributed by atoms with Crippen molar-refractivity contribution in [2.75, 3.05) is 20.1 Å². The summed E-state index contributed by atoms with van der Waals surface area (Å²) in [6.45, 7) is 2.12. The highest BCUT2D eigenvalue weighted by Gasteiger charge is 2.44. The van der Waals surface area contributed by atoms with Gasteiger partial charge in [-0.25, -0.2) is 4.68 Å². The number of nitrogens with zero attached hydrogens (tertiary/aromatic N) is 2. The van der Waals surface area contributed by atoms with Crippen LogP contribution in [0.4, 0.5) is 0 Å². The monoisotopic (exact) mass is 369 g/mol. The molecule has 1 atom stereocenters. The summed E-state index contributed by atoms with van der Waals surface area (Å²) >= 11 is 0. The topological polar surface area (TPSA) is 77.7 Å². The van der Waals surface area contributed by atoms with Gasteiger partial charge in [0.25, 0.3) is 11.5 Å². The van der Waals surface area contributed by atoms with Crippen molar-refractivity contribution in [2.24, 2.45) is 7.05 Å². The van der Waals surface area contributed by atoms with Gasteiger partial charge in [0.15, 0.2) is 0 Å². The molecule has 1 saturated heterocycles. The Kier molecular flexibility index (Phi) is 4.47. The molecule has 1 aromatic heterocycles. The quantitative estimate of drug-likeness (QED) is 0.786. The van der Waals surface area contributed by atoms with E-state index in [1.165, 1.54) is 21.7 Å². The molecule has 1 aromatic carbocycles. The predicted octanol–water partition coefficient (Wildman–Crippen LogP) is 0.0812. The van der Waals surface area contributed by atoms with Crippen LogP contribution in [0.3, 0.4) is 0 Å². The molecule has 1 spiro atoms. The summed E-state index contributed by atoms with van der Waals surface area (Å²) in [5.74, 6) is 0.572. The molecule has 7 heteroatoms. The van der Waals surface area contributed by atoms with E-state index in [9.17, 15) is 9.59 Å². The highest BCUT2D eigenvalue weighted by atomic mass is 16.5. The average Bonchev–Trinajstić information content (AvgIpc) is 2.66. The molecule has 1 amide bonds. The second-order valence-corrected chi connectivity index (χ2v) is 7.69. The maximum atomic E-state index is 12.8. The van der Waals surface area contributed by atoms with Gasteiger partial charge in [-0.1, -0.05) is 18.2 Å². The Labute approximate surface area is 157 Å². The average molecular weight is 369 g/mol. The van der Waals surface area contributed by atoms with Crippen LogP contribution in [-0.2, 0) is 7.05 Å². The molecule has 0 aliphatic carbocycles. The van der Waals surface area contributed by atoms with Crippen molar-refractivity contribution < 1.29 is 14.4 Å². The molecule has 0 radical (unpaired) electrons. The number of para-hydroxylation sites is 1. The standard InChI is InChI=1S/C20H24N4O3/c1-23-11-9-20(10-12-23)13-16(14-5-3-4-6-17(14)27-20)21-19(26)15-7-8-18(25)24(2)22-15/h3-8,16H,9-13H2,1-2H3,(H,21,26)/p+1/t16-/m1/s1. The van der Waals surface area contributed by atoms with E-state index in [2.05, 4.69) is 17.5 Å². The zero-order valence-electron chi connectivity index (χ0n) is 15.7. The molecule has 2 N–H and O–H groups in total.